The third-order valence-corrected chi connectivity index (χ3v) is 7.00. The van der Waals surface area contributed by atoms with E-state index in [4.69, 9.17) is 4.74 Å². The molecular formula is C19H25N3O4S. The zero-order valence-electron chi connectivity index (χ0n) is 15.9. The lowest BCUT2D eigenvalue weighted by Crippen LogP contribution is -2.35. The number of nitrogens with one attached hydrogen (secondary N) is 1. The Bertz CT molecular complexity index is 944. The van der Waals surface area contributed by atoms with E-state index in [1.807, 2.05) is 0 Å². The van der Waals surface area contributed by atoms with Gasteiger partial charge in [-0.05, 0) is 38.0 Å². The lowest BCUT2D eigenvalue weighted by atomic mass is 10.2. The summed E-state index contributed by atoms with van der Waals surface area (Å²) in [6.07, 6.45) is 2.79. The molecule has 1 saturated heterocycles. The molecule has 0 atom stereocenters. The zero-order chi connectivity index (χ0) is 19.6. The van der Waals surface area contributed by atoms with Gasteiger partial charge in [0.05, 0.1) is 7.11 Å². The summed E-state index contributed by atoms with van der Waals surface area (Å²) >= 11 is 0. The number of rotatable bonds is 5. The molecule has 1 aliphatic heterocycles. The Kier molecular flexibility index (Phi) is 5.57. The molecule has 0 spiro atoms. The van der Waals surface area contributed by atoms with Crippen LogP contribution in [-0.4, -0.2) is 43.4 Å². The minimum absolute atomic E-state index is 0.197. The topological polar surface area (TPSA) is 80.6 Å². The van der Waals surface area contributed by atoms with Gasteiger partial charge >= 0.3 is 0 Å². The molecule has 27 heavy (non-hydrogen) atoms. The number of methoxy groups -OCH3 is 1. The van der Waals surface area contributed by atoms with E-state index in [-0.39, 0.29) is 10.8 Å². The highest BCUT2D eigenvalue weighted by atomic mass is 32.2. The summed E-state index contributed by atoms with van der Waals surface area (Å²) in [4.78, 5) is 12.9. The highest BCUT2D eigenvalue weighted by molar-refractivity contribution is 7.89. The first-order valence-electron chi connectivity index (χ1n) is 8.96. The van der Waals surface area contributed by atoms with Crippen LogP contribution in [0.25, 0.3) is 0 Å². The van der Waals surface area contributed by atoms with Crippen LogP contribution in [0, 0.1) is 6.92 Å². The van der Waals surface area contributed by atoms with Gasteiger partial charge in [0.1, 0.15) is 16.3 Å². The Balaban J connectivity index is 1.89. The van der Waals surface area contributed by atoms with Crippen molar-refractivity contribution in [2.24, 2.45) is 7.05 Å². The molecule has 146 valence electrons. The van der Waals surface area contributed by atoms with E-state index in [2.05, 4.69) is 5.32 Å². The van der Waals surface area contributed by atoms with Crippen LogP contribution in [0.2, 0.25) is 0 Å². The molecule has 0 saturated carbocycles. The van der Waals surface area contributed by atoms with Crippen LogP contribution in [0.4, 0.5) is 5.69 Å². The number of nitrogens with zero attached hydrogens (tertiary/aromatic N) is 2. The highest BCUT2D eigenvalue weighted by Crippen LogP contribution is 2.26. The summed E-state index contributed by atoms with van der Waals surface area (Å²) < 4.78 is 34.3. The predicted molar refractivity (Wildman–Crippen MR) is 104 cm³/mol. The van der Waals surface area contributed by atoms with Crippen molar-refractivity contribution < 1.29 is 17.9 Å². The smallest absolute Gasteiger partial charge is 0.272 e. The van der Waals surface area contributed by atoms with Crippen molar-refractivity contribution >= 4 is 21.6 Å². The number of benzene rings is 1. The highest BCUT2D eigenvalue weighted by Gasteiger charge is 2.30. The summed E-state index contributed by atoms with van der Waals surface area (Å²) in [5.74, 6) is 0.262. The summed E-state index contributed by atoms with van der Waals surface area (Å²) in [6.45, 7) is 2.78. The van der Waals surface area contributed by atoms with E-state index in [1.54, 1.807) is 49.9 Å². The zero-order valence-corrected chi connectivity index (χ0v) is 16.7. The molecule has 7 nitrogen and oxygen atoms in total. The molecule has 0 bridgehead atoms. The Hall–Kier alpha value is -2.32. The molecule has 0 aliphatic carbocycles. The van der Waals surface area contributed by atoms with E-state index >= 15 is 0 Å². The Morgan fingerprint density at radius 1 is 1.15 bits per heavy atom. The van der Waals surface area contributed by atoms with Crippen LogP contribution in [-0.2, 0) is 17.1 Å². The maximum Gasteiger partial charge on any atom is 0.272 e. The average Bonchev–Trinajstić information content (AvgIpc) is 2.98. The number of aromatic nitrogens is 1. The van der Waals surface area contributed by atoms with Crippen molar-refractivity contribution in [2.75, 3.05) is 25.5 Å². The van der Waals surface area contributed by atoms with Crippen molar-refractivity contribution in [1.82, 2.24) is 8.87 Å². The van der Waals surface area contributed by atoms with Gasteiger partial charge in [0.25, 0.3) is 5.91 Å². The first-order chi connectivity index (χ1) is 12.8. The first kappa shape index (κ1) is 19.4. The third kappa shape index (κ3) is 3.86. The molecule has 1 aliphatic rings. The van der Waals surface area contributed by atoms with Gasteiger partial charge in [-0.1, -0.05) is 12.5 Å². The minimum atomic E-state index is -3.60. The van der Waals surface area contributed by atoms with Gasteiger partial charge in [0.15, 0.2) is 0 Å². The fraction of sp³-hybridized carbons (Fsp3) is 0.421. The maximum atomic E-state index is 13.0. The fourth-order valence-corrected chi connectivity index (χ4v) is 5.08. The molecule has 0 radical (unpaired) electrons. The van der Waals surface area contributed by atoms with Crippen LogP contribution >= 0.6 is 0 Å². The number of piperidine rings is 1. The molecule has 1 fully saturated rings. The second kappa shape index (κ2) is 7.74. The average molecular weight is 391 g/mol. The SMILES string of the molecule is COc1cccc(NC(=O)c2cc(S(=O)(=O)N3CCCCC3)c(C)n2C)c1. The van der Waals surface area contributed by atoms with Gasteiger partial charge in [0.2, 0.25) is 10.0 Å². The van der Waals surface area contributed by atoms with Gasteiger partial charge < -0.3 is 14.6 Å². The number of carbonyl (C=O) groups excluding carboxylic acids is 1. The number of hydrogen-bond donors (Lipinski definition) is 1. The van der Waals surface area contributed by atoms with Crippen LogP contribution in [0.5, 0.6) is 5.75 Å². The van der Waals surface area contributed by atoms with Crippen LogP contribution in [0.15, 0.2) is 35.2 Å². The number of ether oxygens (including phenoxy) is 1. The van der Waals surface area contributed by atoms with E-state index in [9.17, 15) is 13.2 Å². The molecule has 0 unspecified atom stereocenters. The fourth-order valence-electron chi connectivity index (χ4n) is 3.29. The van der Waals surface area contributed by atoms with Crippen molar-refractivity contribution in [3.8, 4) is 5.75 Å². The maximum absolute atomic E-state index is 13.0. The van der Waals surface area contributed by atoms with Gasteiger partial charge in [0, 0.05) is 37.6 Å². The Morgan fingerprint density at radius 2 is 1.85 bits per heavy atom. The van der Waals surface area contributed by atoms with Crippen LogP contribution < -0.4 is 10.1 Å². The van der Waals surface area contributed by atoms with E-state index in [1.165, 1.54) is 10.4 Å². The molecule has 1 aromatic heterocycles. The largest absolute Gasteiger partial charge is 0.497 e. The summed E-state index contributed by atoms with van der Waals surface area (Å²) in [5.41, 5.74) is 1.43. The molecule has 1 amide bonds. The molecule has 2 heterocycles. The van der Waals surface area contributed by atoms with Gasteiger partial charge in [-0.15, -0.1) is 0 Å². The lowest BCUT2D eigenvalue weighted by Gasteiger charge is -2.25. The number of sulfonamides is 1. The normalized spacial score (nSPS) is 15.5. The van der Waals surface area contributed by atoms with Crippen molar-refractivity contribution in [1.29, 1.82) is 0 Å². The minimum Gasteiger partial charge on any atom is -0.497 e. The number of amides is 1. The van der Waals surface area contributed by atoms with Crippen molar-refractivity contribution in [2.45, 2.75) is 31.1 Å². The second-order valence-corrected chi connectivity index (χ2v) is 8.60. The standard InChI is InChI=1S/C19H25N3O4S/c1-14-18(27(24,25)22-10-5-4-6-11-22)13-17(21(14)2)19(23)20-15-8-7-9-16(12-15)26-3/h7-9,12-13H,4-6,10-11H2,1-3H3,(H,20,23). The van der Waals surface area contributed by atoms with Gasteiger partial charge in [-0.25, -0.2) is 8.42 Å². The summed E-state index contributed by atoms with van der Waals surface area (Å²) in [6, 6.07) is 8.48. The Labute approximate surface area is 160 Å². The molecule has 2 aromatic rings. The second-order valence-electron chi connectivity index (χ2n) is 6.69. The van der Waals surface area contributed by atoms with Crippen molar-refractivity contribution in [3.05, 3.63) is 41.7 Å². The van der Waals surface area contributed by atoms with Crippen LogP contribution in [0.1, 0.15) is 35.4 Å². The van der Waals surface area contributed by atoms with Crippen LogP contribution in [0.3, 0.4) is 0 Å². The predicted octanol–water partition coefficient (Wildman–Crippen LogP) is 2.77. The molecule has 3 rings (SSSR count). The molecular weight excluding hydrogens is 366 g/mol. The van der Waals surface area contributed by atoms with E-state index in [0.717, 1.165) is 19.3 Å². The van der Waals surface area contributed by atoms with Gasteiger partial charge in [-0.2, -0.15) is 4.31 Å². The lowest BCUT2D eigenvalue weighted by molar-refractivity contribution is 0.101. The summed E-state index contributed by atoms with van der Waals surface area (Å²) in [7, 11) is -0.345. The Morgan fingerprint density at radius 3 is 2.52 bits per heavy atom. The van der Waals surface area contributed by atoms with Crippen molar-refractivity contribution in [3.63, 3.8) is 0 Å². The molecule has 8 heteroatoms. The number of carbonyl (C=O) groups is 1. The number of anilines is 1. The third-order valence-electron chi connectivity index (χ3n) is 4.98. The van der Waals surface area contributed by atoms with Gasteiger partial charge in [-0.3, -0.25) is 4.79 Å². The molecule has 1 N–H and O–H groups in total. The first-order valence-corrected chi connectivity index (χ1v) is 10.4. The van der Waals surface area contributed by atoms with E-state index < -0.39 is 10.0 Å². The monoisotopic (exact) mass is 391 g/mol. The quantitative estimate of drug-likeness (QED) is 0.850. The molecule has 1 aromatic carbocycles. The van der Waals surface area contributed by atoms with E-state index in [0.29, 0.717) is 35.9 Å². The number of hydrogen-bond acceptors (Lipinski definition) is 4. The summed E-state index contributed by atoms with van der Waals surface area (Å²) in [5, 5.41) is 2.80.